The second-order valence-corrected chi connectivity index (χ2v) is 2.25. The summed E-state index contributed by atoms with van der Waals surface area (Å²) in [6.45, 7) is 0. The van der Waals surface area contributed by atoms with E-state index in [1.165, 1.54) is 0 Å². The van der Waals surface area contributed by atoms with E-state index >= 15 is 0 Å². The number of carboxylic acid groups (broad SMARTS) is 1. The Morgan fingerprint density at radius 3 is 2.91 bits per heavy atom. The molecule has 2 atom stereocenters. The summed E-state index contributed by atoms with van der Waals surface area (Å²) < 4.78 is 0. The quantitative estimate of drug-likeness (QED) is 0.443. The zero-order chi connectivity index (χ0) is 8.43. The molecule has 6 nitrogen and oxygen atoms in total. The molecule has 0 saturated carbocycles. The van der Waals surface area contributed by atoms with Crippen molar-refractivity contribution >= 4 is 11.9 Å². The summed E-state index contributed by atoms with van der Waals surface area (Å²) >= 11 is 0. The number of aliphatic carboxylic acids is 1. The first kappa shape index (κ1) is 7.96. The Bertz CT molecular complexity index is 193. The maximum Gasteiger partial charge on any atom is 0.323 e. The molecular formula is C5H8N2O4. The van der Waals surface area contributed by atoms with E-state index in [4.69, 9.17) is 10.8 Å². The summed E-state index contributed by atoms with van der Waals surface area (Å²) in [6, 6.07) is -1.14. The topological polar surface area (TPSA) is 102 Å². The van der Waals surface area contributed by atoms with E-state index in [2.05, 4.69) is 4.84 Å². The predicted octanol–water partition coefficient (Wildman–Crippen LogP) is -1.78. The Hall–Kier alpha value is -1.14. The fraction of sp³-hybridized carbons (Fsp3) is 0.600. The number of hydrogen-bond acceptors (Lipinski definition) is 4. The van der Waals surface area contributed by atoms with Crippen LogP contribution in [0.25, 0.3) is 0 Å². The number of rotatable bonds is 2. The number of nitrogens with two attached hydrogens (primary N) is 1. The van der Waals surface area contributed by atoms with Crippen LogP contribution in [0.2, 0.25) is 0 Å². The molecule has 0 unspecified atom stereocenters. The lowest BCUT2D eigenvalue weighted by molar-refractivity contribution is -0.143. The van der Waals surface area contributed by atoms with Gasteiger partial charge in [-0.15, -0.1) is 0 Å². The molecule has 0 aromatic carbocycles. The Morgan fingerprint density at radius 1 is 1.91 bits per heavy atom. The number of amides is 1. The van der Waals surface area contributed by atoms with Gasteiger partial charge in [0.2, 0.25) is 5.91 Å². The Balaban J connectivity index is 2.49. The van der Waals surface area contributed by atoms with Gasteiger partial charge in [0.05, 0.1) is 6.42 Å². The lowest BCUT2D eigenvalue weighted by Crippen LogP contribution is -2.41. The monoisotopic (exact) mass is 160 g/mol. The normalized spacial score (nSPS) is 26.3. The van der Waals surface area contributed by atoms with Crippen LogP contribution in [0, 0.1) is 0 Å². The molecule has 0 aromatic rings. The van der Waals surface area contributed by atoms with Crippen molar-refractivity contribution in [1.29, 1.82) is 0 Å². The van der Waals surface area contributed by atoms with Crippen LogP contribution >= 0.6 is 0 Å². The highest BCUT2D eigenvalue weighted by atomic mass is 16.7. The lowest BCUT2D eigenvalue weighted by Gasteiger charge is -2.10. The first-order valence-electron chi connectivity index (χ1n) is 3.04. The minimum absolute atomic E-state index is 0.00741. The molecule has 62 valence electrons. The van der Waals surface area contributed by atoms with Crippen molar-refractivity contribution in [1.82, 2.24) is 5.48 Å². The standard InChI is InChI=1S/C5H8N2O4/c6-4(5(9)10)2-1-3(8)7-11-2/h2,4H,1,6H2,(H,7,8)(H,9,10)/t2-,4+/m0/s1. The largest absolute Gasteiger partial charge is 0.480 e. The van der Waals surface area contributed by atoms with Gasteiger partial charge < -0.3 is 10.8 Å². The van der Waals surface area contributed by atoms with Crippen molar-refractivity contribution in [2.45, 2.75) is 18.6 Å². The second-order valence-electron chi connectivity index (χ2n) is 2.25. The molecule has 6 heteroatoms. The van der Waals surface area contributed by atoms with Crippen LogP contribution < -0.4 is 11.2 Å². The third-order valence-corrected chi connectivity index (χ3v) is 1.40. The lowest BCUT2D eigenvalue weighted by atomic mass is 10.1. The van der Waals surface area contributed by atoms with Gasteiger partial charge in [-0.25, -0.2) is 5.48 Å². The molecule has 0 aromatic heterocycles. The van der Waals surface area contributed by atoms with Gasteiger partial charge in [0.15, 0.2) is 0 Å². The van der Waals surface area contributed by atoms with Crippen LogP contribution in [0.4, 0.5) is 0 Å². The molecule has 1 aliphatic rings. The van der Waals surface area contributed by atoms with Gasteiger partial charge in [-0.1, -0.05) is 0 Å². The first-order chi connectivity index (χ1) is 5.11. The zero-order valence-electron chi connectivity index (χ0n) is 5.61. The average Bonchev–Trinajstić information content (AvgIpc) is 2.34. The Morgan fingerprint density at radius 2 is 2.55 bits per heavy atom. The first-order valence-corrected chi connectivity index (χ1v) is 3.04. The Kier molecular flexibility index (Phi) is 2.06. The molecule has 1 saturated heterocycles. The molecule has 1 rings (SSSR count). The summed E-state index contributed by atoms with van der Waals surface area (Å²) in [4.78, 5) is 25.3. The van der Waals surface area contributed by atoms with Crippen molar-refractivity contribution in [2.75, 3.05) is 0 Å². The third-order valence-electron chi connectivity index (χ3n) is 1.40. The molecule has 0 spiro atoms. The summed E-state index contributed by atoms with van der Waals surface area (Å²) in [6.07, 6.45) is -0.743. The minimum atomic E-state index is -1.17. The molecule has 1 fully saturated rings. The SMILES string of the molecule is N[C@@H](C(=O)O)[C@@H]1CC(=O)NO1. The van der Waals surface area contributed by atoms with Crippen LogP contribution in [0.15, 0.2) is 0 Å². The number of carbonyl (C=O) groups excluding carboxylic acids is 1. The van der Waals surface area contributed by atoms with Crippen LogP contribution in [0.5, 0.6) is 0 Å². The van der Waals surface area contributed by atoms with Gasteiger partial charge in [-0.3, -0.25) is 14.4 Å². The summed E-state index contributed by atoms with van der Waals surface area (Å²) in [5, 5.41) is 8.38. The molecule has 1 aliphatic heterocycles. The van der Waals surface area contributed by atoms with E-state index in [0.717, 1.165) is 0 Å². The smallest absolute Gasteiger partial charge is 0.323 e. The van der Waals surface area contributed by atoms with Crippen LogP contribution in [0.3, 0.4) is 0 Å². The summed E-state index contributed by atoms with van der Waals surface area (Å²) in [5.41, 5.74) is 7.19. The fourth-order valence-corrected chi connectivity index (χ4v) is 0.767. The van der Waals surface area contributed by atoms with E-state index in [9.17, 15) is 9.59 Å². The molecule has 0 radical (unpaired) electrons. The predicted molar refractivity (Wildman–Crippen MR) is 33.2 cm³/mol. The van der Waals surface area contributed by atoms with Crippen molar-refractivity contribution in [3.63, 3.8) is 0 Å². The number of hydrogen-bond donors (Lipinski definition) is 3. The highest BCUT2D eigenvalue weighted by molar-refractivity contribution is 5.80. The highest BCUT2D eigenvalue weighted by Crippen LogP contribution is 2.07. The van der Waals surface area contributed by atoms with Crippen molar-refractivity contribution in [3.8, 4) is 0 Å². The van der Waals surface area contributed by atoms with Gasteiger partial charge in [-0.2, -0.15) is 0 Å². The van der Waals surface area contributed by atoms with Gasteiger partial charge in [-0.05, 0) is 0 Å². The number of hydroxylamine groups is 1. The number of carboxylic acids is 1. The van der Waals surface area contributed by atoms with Gasteiger partial charge >= 0.3 is 5.97 Å². The Labute approximate surface area is 62.3 Å². The van der Waals surface area contributed by atoms with E-state index in [0.29, 0.717) is 0 Å². The van der Waals surface area contributed by atoms with Crippen molar-refractivity contribution in [2.24, 2.45) is 5.73 Å². The van der Waals surface area contributed by atoms with Crippen LogP contribution in [-0.4, -0.2) is 29.1 Å². The molecule has 4 N–H and O–H groups in total. The minimum Gasteiger partial charge on any atom is -0.480 e. The fourth-order valence-electron chi connectivity index (χ4n) is 0.767. The van der Waals surface area contributed by atoms with Gasteiger partial charge in [0.25, 0.3) is 0 Å². The average molecular weight is 160 g/mol. The highest BCUT2D eigenvalue weighted by Gasteiger charge is 2.32. The third kappa shape index (κ3) is 1.66. The molecule has 1 amide bonds. The van der Waals surface area contributed by atoms with Crippen LogP contribution in [-0.2, 0) is 14.4 Å². The molecule has 0 bridgehead atoms. The van der Waals surface area contributed by atoms with E-state index in [-0.39, 0.29) is 12.3 Å². The zero-order valence-corrected chi connectivity index (χ0v) is 5.61. The molecule has 0 aliphatic carbocycles. The maximum absolute atomic E-state index is 10.5. The molecule has 1 heterocycles. The van der Waals surface area contributed by atoms with E-state index in [1.807, 2.05) is 5.48 Å². The summed E-state index contributed by atoms with van der Waals surface area (Å²) in [7, 11) is 0. The summed E-state index contributed by atoms with van der Waals surface area (Å²) in [5.74, 6) is -1.52. The molecule has 11 heavy (non-hydrogen) atoms. The maximum atomic E-state index is 10.5. The number of nitrogens with one attached hydrogen (secondary N) is 1. The van der Waals surface area contributed by atoms with E-state index < -0.39 is 18.1 Å². The van der Waals surface area contributed by atoms with Gasteiger partial charge in [0, 0.05) is 0 Å². The molecular weight excluding hydrogens is 152 g/mol. The van der Waals surface area contributed by atoms with E-state index in [1.54, 1.807) is 0 Å². The van der Waals surface area contributed by atoms with Crippen molar-refractivity contribution in [3.05, 3.63) is 0 Å². The van der Waals surface area contributed by atoms with Crippen molar-refractivity contribution < 1.29 is 19.5 Å². The number of carbonyl (C=O) groups is 2. The van der Waals surface area contributed by atoms with Crippen LogP contribution in [0.1, 0.15) is 6.42 Å². The second kappa shape index (κ2) is 2.85. The van der Waals surface area contributed by atoms with Gasteiger partial charge in [0.1, 0.15) is 12.1 Å².